The van der Waals surface area contributed by atoms with E-state index in [1.54, 1.807) is 7.11 Å². The number of rotatable bonds is 14. The first-order valence-electron chi connectivity index (χ1n) is 7.19. The maximum Gasteiger partial charge on any atom is 0.146 e. The van der Waals surface area contributed by atoms with Gasteiger partial charge < -0.3 is 9.47 Å². The molecular weight excluding hydrogens is 248 g/mol. The van der Waals surface area contributed by atoms with Crippen LogP contribution in [0, 0.1) is 0 Å². The molecule has 0 radical (unpaired) electrons. The predicted molar refractivity (Wildman–Crippen MR) is 79.2 cm³/mol. The van der Waals surface area contributed by atoms with Crippen molar-refractivity contribution in [3.8, 4) is 0 Å². The SMILES string of the molecule is COCOCCC=CCCCCCCCCCCl. The van der Waals surface area contributed by atoms with Gasteiger partial charge >= 0.3 is 0 Å². The summed E-state index contributed by atoms with van der Waals surface area (Å²) in [5.41, 5.74) is 0. The zero-order chi connectivity index (χ0) is 13.3. The molecule has 0 spiro atoms. The van der Waals surface area contributed by atoms with Crippen molar-refractivity contribution in [1.29, 1.82) is 0 Å². The summed E-state index contributed by atoms with van der Waals surface area (Å²) in [4.78, 5) is 0. The monoisotopic (exact) mass is 276 g/mol. The highest BCUT2D eigenvalue weighted by Gasteiger charge is 1.90. The van der Waals surface area contributed by atoms with E-state index in [2.05, 4.69) is 12.2 Å². The van der Waals surface area contributed by atoms with Crippen molar-refractivity contribution in [3.05, 3.63) is 12.2 Å². The van der Waals surface area contributed by atoms with Crippen molar-refractivity contribution in [2.75, 3.05) is 26.4 Å². The van der Waals surface area contributed by atoms with Crippen LogP contribution in [0.3, 0.4) is 0 Å². The second kappa shape index (κ2) is 16.9. The minimum atomic E-state index is 0.400. The zero-order valence-corrected chi connectivity index (χ0v) is 12.6. The largest absolute Gasteiger partial charge is 0.359 e. The fourth-order valence-corrected chi connectivity index (χ4v) is 1.96. The molecule has 2 nitrogen and oxygen atoms in total. The molecule has 0 heterocycles. The molecule has 0 bridgehead atoms. The summed E-state index contributed by atoms with van der Waals surface area (Å²) in [6.45, 7) is 1.16. The molecule has 0 aromatic rings. The average Bonchev–Trinajstić information content (AvgIpc) is 2.39. The average molecular weight is 277 g/mol. The molecule has 0 saturated carbocycles. The van der Waals surface area contributed by atoms with Crippen molar-refractivity contribution in [2.24, 2.45) is 0 Å². The molecule has 18 heavy (non-hydrogen) atoms. The van der Waals surface area contributed by atoms with Gasteiger partial charge in [-0.1, -0.05) is 44.3 Å². The van der Waals surface area contributed by atoms with Crippen LogP contribution >= 0.6 is 11.6 Å². The number of hydrogen-bond donors (Lipinski definition) is 0. The van der Waals surface area contributed by atoms with Gasteiger partial charge in [0, 0.05) is 13.0 Å². The number of ether oxygens (including phenoxy) is 2. The molecule has 108 valence electrons. The van der Waals surface area contributed by atoms with Crippen molar-refractivity contribution in [2.45, 2.75) is 57.8 Å². The van der Waals surface area contributed by atoms with E-state index in [1.165, 1.54) is 51.4 Å². The Morgan fingerprint density at radius 1 is 0.833 bits per heavy atom. The van der Waals surface area contributed by atoms with Gasteiger partial charge in [-0.3, -0.25) is 0 Å². The van der Waals surface area contributed by atoms with Crippen LogP contribution in [0.5, 0.6) is 0 Å². The van der Waals surface area contributed by atoms with E-state index in [9.17, 15) is 0 Å². The molecule has 0 aromatic heterocycles. The first-order chi connectivity index (χ1) is 8.91. The lowest BCUT2D eigenvalue weighted by atomic mass is 10.1. The Labute approximate surface area is 118 Å². The Morgan fingerprint density at radius 2 is 1.44 bits per heavy atom. The summed E-state index contributed by atoms with van der Waals surface area (Å²) >= 11 is 5.63. The molecule has 0 aliphatic heterocycles. The van der Waals surface area contributed by atoms with E-state index in [1.807, 2.05) is 0 Å². The van der Waals surface area contributed by atoms with Crippen LogP contribution in [0.1, 0.15) is 57.8 Å². The summed E-state index contributed by atoms with van der Waals surface area (Å²) < 4.78 is 9.99. The molecule has 0 N–H and O–H groups in total. The molecule has 0 saturated heterocycles. The Balaban J connectivity index is 2.99. The topological polar surface area (TPSA) is 18.5 Å². The summed E-state index contributed by atoms with van der Waals surface area (Å²) in [6, 6.07) is 0. The van der Waals surface area contributed by atoms with Crippen LogP contribution in [0.25, 0.3) is 0 Å². The highest BCUT2D eigenvalue weighted by Crippen LogP contribution is 2.09. The first kappa shape index (κ1) is 17.9. The summed E-state index contributed by atoms with van der Waals surface area (Å²) in [5, 5.41) is 0. The minimum absolute atomic E-state index is 0.400. The Bertz CT molecular complexity index is 172. The number of halogens is 1. The molecule has 3 heteroatoms. The van der Waals surface area contributed by atoms with Gasteiger partial charge in [-0.05, 0) is 25.7 Å². The van der Waals surface area contributed by atoms with Gasteiger partial charge in [0.15, 0.2) is 0 Å². The van der Waals surface area contributed by atoms with Crippen molar-refractivity contribution in [1.82, 2.24) is 0 Å². The van der Waals surface area contributed by atoms with E-state index < -0.39 is 0 Å². The number of allylic oxidation sites excluding steroid dienone is 1. The second-order valence-corrected chi connectivity index (χ2v) is 4.91. The standard InChI is InChI=1S/C15H29ClO2/c1-17-15-18-14-12-10-8-6-4-2-3-5-7-9-11-13-16/h8,10H,2-7,9,11-15H2,1H3. The molecule has 0 amide bonds. The Morgan fingerprint density at radius 3 is 2.11 bits per heavy atom. The van der Waals surface area contributed by atoms with Gasteiger partial charge in [0.1, 0.15) is 6.79 Å². The molecule has 0 aliphatic rings. The van der Waals surface area contributed by atoms with E-state index >= 15 is 0 Å². The third kappa shape index (κ3) is 16.0. The van der Waals surface area contributed by atoms with E-state index in [4.69, 9.17) is 21.1 Å². The van der Waals surface area contributed by atoms with Gasteiger partial charge in [0.05, 0.1) is 6.61 Å². The lowest BCUT2D eigenvalue weighted by Gasteiger charge is -2.00. The van der Waals surface area contributed by atoms with Gasteiger partial charge in [-0.25, -0.2) is 0 Å². The highest BCUT2D eigenvalue weighted by molar-refractivity contribution is 6.17. The van der Waals surface area contributed by atoms with Crippen LogP contribution in [-0.4, -0.2) is 26.4 Å². The number of hydrogen-bond acceptors (Lipinski definition) is 2. The van der Waals surface area contributed by atoms with Crippen molar-refractivity contribution < 1.29 is 9.47 Å². The second-order valence-electron chi connectivity index (χ2n) is 4.53. The Hall–Kier alpha value is -0.0500. The normalized spacial score (nSPS) is 11.4. The van der Waals surface area contributed by atoms with Crippen molar-refractivity contribution >= 4 is 11.6 Å². The van der Waals surface area contributed by atoms with E-state index in [0.717, 1.165) is 18.9 Å². The number of alkyl halides is 1. The molecular formula is C15H29ClO2. The Kier molecular flexibility index (Phi) is 16.9. The predicted octanol–water partition coefficient (Wildman–Crippen LogP) is 4.91. The van der Waals surface area contributed by atoms with Gasteiger partial charge in [0.25, 0.3) is 0 Å². The maximum absolute atomic E-state index is 5.63. The number of methoxy groups -OCH3 is 1. The zero-order valence-electron chi connectivity index (χ0n) is 11.8. The van der Waals surface area contributed by atoms with Gasteiger partial charge in [-0.15, -0.1) is 11.6 Å². The first-order valence-corrected chi connectivity index (χ1v) is 7.73. The minimum Gasteiger partial charge on any atom is -0.359 e. The molecule has 0 rings (SSSR count). The van der Waals surface area contributed by atoms with Gasteiger partial charge in [0.2, 0.25) is 0 Å². The van der Waals surface area contributed by atoms with Crippen LogP contribution in [0.4, 0.5) is 0 Å². The summed E-state index contributed by atoms with van der Waals surface area (Å²) in [5.74, 6) is 0.818. The van der Waals surface area contributed by atoms with Crippen LogP contribution < -0.4 is 0 Å². The van der Waals surface area contributed by atoms with Crippen LogP contribution in [0.15, 0.2) is 12.2 Å². The summed E-state index contributed by atoms with van der Waals surface area (Å²) in [7, 11) is 1.64. The highest BCUT2D eigenvalue weighted by atomic mass is 35.5. The lowest BCUT2D eigenvalue weighted by molar-refractivity contribution is -0.0285. The van der Waals surface area contributed by atoms with Crippen molar-refractivity contribution in [3.63, 3.8) is 0 Å². The van der Waals surface area contributed by atoms with Crippen LogP contribution in [0.2, 0.25) is 0 Å². The molecule has 0 fully saturated rings. The molecule has 0 atom stereocenters. The third-order valence-electron chi connectivity index (χ3n) is 2.80. The molecule has 0 unspecified atom stereocenters. The maximum atomic E-state index is 5.63. The number of unbranched alkanes of at least 4 members (excludes halogenated alkanes) is 7. The fourth-order valence-electron chi connectivity index (χ4n) is 1.77. The molecule has 0 aromatic carbocycles. The quantitative estimate of drug-likeness (QED) is 0.194. The lowest BCUT2D eigenvalue weighted by Crippen LogP contribution is -1.96. The van der Waals surface area contributed by atoms with Crippen LogP contribution in [-0.2, 0) is 9.47 Å². The smallest absolute Gasteiger partial charge is 0.146 e. The van der Waals surface area contributed by atoms with E-state index in [-0.39, 0.29) is 0 Å². The third-order valence-corrected chi connectivity index (χ3v) is 3.07. The molecule has 0 aliphatic carbocycles. The summed E-state index contributed by atoms with van der Waals surface area (Å²) in [6.07, 6.45) is 15.9. The van der Waals surface area contributed by atoms with Gasteiger partial charge in [-0.2, -0.15) is 0 Å². The fraction of sp³-hybridized carbons (Fsp3) is 0.867. The van der Waals surface area contributed by atoms with E-state index in [0.29, 0.717) is 6.79 Å².